The largest absolute Gasteiger partial charge is 0.497 e. The first kappa shape index (κ1) is 44.2. The SMILES string of the molecule is COc1ccc(CN(Cc2ccc(OC)cc2)S(=O)(=O)c2c(S(=O)(=O)C3CN(C(=O)OC(C)(C)C)C3)ccc(C3=CCOCC3)c2-c2nnn(Cc3ccc(OC)cc3)n2)cc1. The van der Waals surface area contributed by atoms with Crippen molar-refractivity contribution in [2.45, 2.75) is 67.5 Å². The average Bonchev–Trinajstić information content (AvgIpc) is 3.70. The van der Waals surface area contributed by atoms with Crippen molar-refractivity contribution in [3.8, 4) is 28.6 Å². The highest BCUT2D eigenvalue weighted by atomic mass is 32.2. The Morgan fingerprint density at radius 1 is 0.790 bits per heavy atom. The van der Waals surface area contributed by atoms with Gasteiger partial charge in [-0.2, -0.15) is 9.10 Å². The summed E-state index contributed by atoms with van der Waals surface area (Å²) in [6.07, 6.45) is 1.58. The number of ether oxygens (including phenoxy) is 5. The van der Waals surface area contributed by atoms with E-state index in [2.05, 4.69) is 10.3 Å². The molecule has 328 valence electrons. The lowest BCUT2D eigenvalue weighted by Crippen LogP contribution is -2.57. The molecule has 18 heteroatoms. The van der Waals surface area contributed by atoms with E-state index in [-0.39, 0.29) is 50.7 Å². The molecule has 0 saturated carbocycles. The van der Waals surface area contributed by atoms with Gasteiger partial charge in [0, 0.05) is 26.2 Å². The summed E-state index contributed by atoms with van der Waals surface area (Å²) in [6.45, 7) is 5.26. The van der Waals surface area contributed by atoms with Crippen molar-refractivity contribution in [2.24, 2.45) is 0 Å². The highest BCUT2D eigenvalue weighted by Crippen LogP contribution is 2.42. The van der Waals surface area contributed by atoms with Gasteiger partial charge in [0.2, 0.25) is 15.8 Å². The van der Waals surface area contributed by atoms with Crippen LogP contribution in [0.2, 0.25) is 0 Å². The zero-order chi connectivity index (χ0) is 44.2. The monoisotopic (exact) mass is 886 g/mol. The van der Waals surface area contributed by atoms with Gasteiger partial charge < -0.3 is 28.6 Å². The molecule has 1 fully saturated rings. The Kier molecular flexibility index (Phi) is 13.0. The quantitative estimate of drug-likeness (QED) is 0.120. The van der Waals surface area contributed by atoms with E-state index in [0.717, 1.165) is 11.1 Å². The number of benzene rings is 4. The zero-order valence-electron chi connectivity index (χ0n) is 35.5. The van der Waals surface area contributed by atoms with Gasteiger partial charge in [-0.3, -0.25) is 0 Å². The Labute approximate surface area is 362 Å². The molecule has 0 radical (unpaired) electrons. The molecular formula is C44H50N6O10S2. The molecule has 1 aromatic heterocycles. The van der Waals surface area contributed by atoms with Gasteiger partial charge in [-0.25, -0.2) is 21.6 Å². The Balaban J connectivity index is 1.42. The Morgan fingerprint density at radius 3 is 1.84 bits per heavy atom. The number of methoxy groups -OCH3 is 3. The van der Waals surface area contributed by atoms with E-state index in [1.165, 1.54) is 34.3 Å². The van der Waals surface area contributed by atoms with Gasteiger partial charge in [0.05, 0.1) is 51.5 Å². The van der Waals surface area contributed by atoms with Gasteiger partial charge >= 0.3 is 6.09 Å². The topological polar surface area (TPSA) is 182 Å². The Hall–Kier alpha value is -5.82. The molecule has 62 heavy (non-hydrogen) atoms. The maximum absolute atomic E-state index is 15.9. The minimum Gasteiger partial charge on any atom is -0.497 e. The molecule has 3 heterocycles. The summed E-state index contributed by atoms with van der Waals surface area (Å²) in [7, 11) is -4.64. The summed E-state index contributed by atoms with van der Waals surface area (Å²) < 4.78 is 90.2. The van der Waals surface area contributed by atoms with Crippen LogP contribution in [0.15, 0.2) is 101 Å². The summed E-state index contributed by atoms with van der Waals surface area (Å²) >= 11 is 0. The van der Waals surface area contributed by atoms with E-state index < -0.39 is 46.6 Å². The molecule has 0 atom stereocenters. The summed E-state index contributed by atoms with van der Waals surface area (Å²) in [5.41, 5.74) is 2.39. The number of amides is 1. The molecule has 2 aliphatic rings. The molecule has 1 saturated heterocycles. The summed E-state index contributed by atoms with van der Waals surface area (Å²) in [6, 6.07) is 24.2. The van der Waals surface area contributed by atoms with Crippen molar-refractivity contribution in [3.05, 3.63) is 113 Å². The van der Waals surface area contributed by atoms with Gasteiger partial charge in [-0.1, -0.05) is 48.5 Å². The number of carbonyl (C=O) groups excluding carboxylic acids is 1. The number of aromatic nitrogens is 4. The van der Waals surface area contributed by atoms with E-state index >= 15 is 8.42 Å². The maximum Gasteiger partial charge on any atom is 0.410 e. The lowest BCUT2D eigenvalue weighted by Gasteiger charge is -2.39. The van der Waals surface area contributed by atoms with Gasteiger partial charge in [0.15, 0.2) is 9.84 Å². The first-order chi connectivity index (χ1) is 29.6. The number of likely N-dealkylation sites (tertiary alicyclic amines) is 1. The molecule has 4 aromatic carbocycles. The van der Waals surface area contributed by atoms with Crippen LogP contribution in [0, 0.1) is 0 Å². The van der Waals surface area contributed by atoms with E-state index in [9.17, 15) is 13.2 Å². The van der Waals surface area contributed by atoms with E-state index in [1.54, 1.807) is 94.6 Å². The Morgan fingerprint density at radius 2 is 1.34 bits per heavy atom. The van der Waals surface area contributed by atoms with E-state index in [0.29, 0.717) is 47.0 Å². The van der Waals surface area contributed by atoms with E-state index in [4.69, 9.17) is 28.8 Å². The van der Waals surface area contributed by atoms with Crippen LogP contribution in [0.1, 0.15) is 49.4 Å². The molecule has 16 nitrogen and oxygen atoms in total. The first-order valence-electron chi connectivity index (χ1n) is 19.9. The number of sulfonamides is 1. The van der Waals surface area contributed by atoms with Gasteiger partial charge in [0.25, 0.3) is 0 Å². The number of hydrogen-bond donors (Lipinski definition) is 0. The molecule has 0 spiro atoms. The van der Waals surface area contributed by atoms with Gasteiger partial charge in [0.1, 0.15) is 33.0 Å². The molecule has 0 unspecified atom stereocenters. The number of hydrogen-bond acceptors (Lipinski definition) is 13. The molecule has 0 bridgehead atoms. The van der Waals surface area contributed by atoms with Crippen LogP contribution in [0.25, 0.3) is 17.0 Å². The molecule has 0 N–H and O–H groups in total. The number of sulfone groups is 1. The molecule has 2 aliphatic heterocycles. The van der Waals surface area contributed by atoms with Crippen molar-refractivity contribution in [1.82, 2.24) is 29.4 Å². The van der Waals surface area contributed by atoms with Gasteiger partial charge in [-0.05, 0) is 103 Å². The maximum atomic E-state index is 15.9. The lowest BCUT2D eigenvalue weighted by atomic mass is 9.96. The van der Waals surface area contributed by atoms with Crippen LogP contribution >= 0.6 is 0 Å². The Bertz CT molecular complexity index is 2590. The van der Waals surface area contributed by atoms with Crippen molar-refractivity contribution in [1.29, 1.82) is 0 Å². The number of nitrogens with zero attached hydrogens (tertiary/aromatic N) is 6. The highest BCUT2D eigenvalue weighted by Gasteiger charge is 2.46. The second kappa shape index (κ2) is 18.3. The molecule has 0 aliphatic carbocycles. The highest BCUT2D eigenvalue weighted by molar-refractivity contribution is 7.94. The molecule has 1 amide bonds. The van der Waals surface area contributed by atoms with Crippen LogP contribution in [0.5, 0.6) is 17.2 Å². The predicted octanol–water partition coefficient (Wildman–Crippen LogP) is 6.00. The summed E-state index contributed by atoms with van der Waals surface area (Å²) in [4.78, 5) is 14.6. The first-order valence-corrected chi connectivity index (χ1v) is 22.9. The van der Waals surface area contributed by atoms with Gasteiger partial charge in [-0.15, -0.1) is 10.2 Å². The van der Waals surface area contributed by atoms with Crippen molar-refractivity contribution in [2.75, 3.05) is 47.6 Å². The van der Waals surface area contributed by atoms with Crippen molar-refractivity contribution < 1.29 is 45.3 Å². The fraction of sp³-hybridized carbons (Fsp3) is 0.364. The number of tetrazole rings is 1. The standard InChI is InChI=1S/C44H50N6O10S2/c1-44(2,3)60-43(51)48-28-37(29-48)61(52,53)39-20-19-38(33-21-23-59-24-22-33)40(42-45-47-50(46-42)27-32-11-17-36(58-6)18-12-32)41(39)62(54,55)49(25-30-7-13-34(56-4)14-8-30)26-31-9-15-35(57-5)16-10-31/h7-21,37H,22-29H2,1-6H3. The molecule has 5 aromatic rings. The van der Waals surface area contributed by atoms with Crippen LogP contribution in [0.4, 0.5) is 4.79 Å². The molecule has 7 rings (SSSR count). The third-order valence-electron chi connectivity index (χ3n) is 10.5. The zero-order valence-corrected chi connectivity index (χ0v) is 37.1. The van der Waals surface area contributed by atoms with Crippen LogP contribution in [-0.2, 0) is 49.0 Å². The van der Waals surface area contributed by atoms with Crippen molar-refractivity contribution >= 4 is 31.5 Å². The minimum absolute atomic E-state index is 0.0158. The summed E-state index contributed by atoms with van der Waals surface area (Å²) in [5, 5.41) is 12.3. The van der Waals surface area contributed by atoms with Crippen LogP contribution < -0.4 is 14.2 Å². The smallest absolute Gasteiger partial charge is 0.410 e. The molecular weight excluding hydrogens is 837 g/mol. The predicted molar refractivity (Wildman–Crippen MR) is 230 cm³/mol. The summed E-state index contributed by atoms with van der Waals surface area (Å²) in [5.74, 6) is 1.74. The normalized spacial score (nSPS) is 14.9. The minimum atomic E-state index is -4.81. The lowest BCUT2D eigenvalue weighted by molar-refractivity contribution is 0.0139. The van der Waals surface area contributed by atoms with E-state index in [1.807, 2.05) is 18.2 Å². The van der Waals surface area contributed by atoms with Crippen LogP contribution in [0.3, 0.4) is 0 Å². The third-order valence-corrected chi connectivity index (χ3v) is 14.6. The van der Waals surface area contributed by atoms with Crippen molar-refractivity contribution in [3.63, 3.8) is 0 Å². The third kappa shape index (κ3) is 9.78. The number of rotatable bonds is 15. The average molecular weight is 887 g/mol. The number of carbonyl (C=O) groups is 1. The second-order valence-corrected chi connectivity index (χ2v) is 20.0. The second-order valence-electron chi connectivity index (χ2n) is 15.9. The fourth-order valence-electron chi connectivity index (χ4n) is 7.12. The fourth-order valence-corrected chi connectivity index (χ4v) is 11.2. The van der Waals surface area contributed by atoms with Crippen LogP contribution in [-0.4, -0.2) is 111 Å².